The first-order chi connectivity index (χ1) is 5.33. The van der Waals surface area contributed by atoms with Crippen molar-refractivity contribution in [2.24, 2.45) is 5.92 Å². The molecular formula is C10H14O. The van der Waals surface area contributed by atoms with Crippen LogP contribution in [0.5, 0.6) is 0 Å². The van der Waals surface area contributed by atoms with Gasteiger partial charge in [0.15, 0.2) is 0 Å². The Morgan fingerprint density at radius 1 is 1.55 bits per heavy atom. The van der Waals surface area contributed by atoms with Crippen molar-refractivity contribution in [1.29, 1.82) is 0 Å². The summed E-state index contributed by atoms with van der Waals surface area (Å²) in [7, 11) is 0. The molecule has 0 aliphatic heterocycles. The predicted octanol–water partition coefficient (Wildman–Crippen LogP) is 2.49. The molecule has 0 spiro atoms. The highest BCUT2D eigenvalue weighted by molar-refractivity contribution is 5.72. The fraction of sp³-hybridized carbons (Fsp3) is 0.500. The largest absolute Gasteiger partial charge is 0.298 e. The van der Waals surface area contributed by atoms with Crippen molar-refractivity contribution in [2.45, 2.75) is 26.2 Å². The van der Waals surface area contributed by atoms with Crippen molar-refractivity contribution in [3.8, 4) is 0 Å². The van der Waals surface area contributed by atoms with Crippen molar-refractivity contribution in [3.05, 3.63) is 23.8 Å². The zero-order valence-corrected chi connectivity index (χ0v) is 6.92. The second-order valence-electron chi connectivity index (χ2n) is 3.07. The average molecular weight is 150 g/mol. The molecule has 0 radical (unpaired) electrons. The maximum Gasteiger partial charge on any atom is 0.145 e. The van der Waals surface area contributed by atoms with Gasteiger partial charge in [0.1, 0.15) is 6.29 Å². The molecule has 0 heterocycles. The fourth-order valence-corrected chi connectivity index (χ4v) is 1.38. The lowest BCUT2D eigenvalue weighted by Gasteiger charge is -2.12. The Labute approximate surface area is 67.8 Å². The molecule has 0 aromatic heterocycles. The summed E-state index contributed by atoms with van der Waals surface area (Å²) < 4.78 is 0. The van der Waals surface area contributed by atoms with Gasteiger partial charge < -0.3 is 0 Å². The van der Waals surface area contributed by atoms with Gasteiger partial charge in [-0.3, -0.25) is 4.79 Å². The van der Waals surface area contributed by atoms with Gasteiger partial charge in [0, 0.05) is 0 Å². The molecule has 0 saturated heterocycles. The normalized spacial score (nSPS) is 25.2. The van der Waals surface area contributed by atoms with Gasteiger partial charge in [-0.2, -0.15) is 0 Å². The second-order valence-corrected chi connectivity index (χ2v) is 3.07. The monoisotopic (exact) mass is 150 g/mol. The summed E-state index contributed by atoms with van der Waals surface area (Å²) in [6.45, 7) is 1.87. The topological polar surface area (TPSA) is 17.1 Å². The zero-order chi connectivity index (χ0) is 8.10. The third-order valence-corrected chi connectivity index (χ3v) is 1.99. The summed E-state index contributed by atoms with van der Waals surface area (Å²) >= 11 is 0. The summed E-state index contributed by atoms with van der Waals surface area (Å²) in [6, 6.07) is 0. The minimum absolute atomic E-state index is 0.602. The van der Waals surface area contributed by atoms with Crippen LogP contribution in [0.25, 0.3) is 0 Å². The molecule has 1 rings (SSSR count). The predicted molar refractivity (Wildman–Crippen MR) is 46.3 cm³/mol. The number of carbonyl (C=O) groups is 1. The highest BCUT2D eigenvalue weighted by atomic mass is 16.1. The van der Waals surface area contributed by atoms with Crippen LogP contribution in [0, 0.1) is 5.92 Å². The highest BCUT2D eigenvalue weighted by Crippen LogP contribution is 2.19. The summed E-state index contributed by atoms with van der Waals surface area (Å²) in [6.07, 6.45) is 10.9. The molecule has 0 amide bonds. The van der Waals surface area contributed by atoms with Crippen molar-refractivity contribution in [2.75, 3.05) is 0 Å². The molecular weight excluding hydrogens is 136 g/mol. The smallest absolute Gasteiger partial charge is 0.145 e. The van der Waals surface area contributed by atoms with Crippen LogP contribution in [0.3, 0.4) is 0 Å². The number of allylic oxidation sites excluding steroid dienone is 4. The summed E-state index contributed by atoms with van der Waals surface area (Å²) in [5.41, 5.74) is 0.866. The molecule has 1 aliphatic rings. The number of hydrogen-bond donors (Lipinski definition) is 0. The minimum Gasteiger partial charge on any atom is -0.298 e. The van der Waals surface area contributed by atoms with Crippen LogP contribution in [0.2, 0.25) is 0 Å². The Hall–Kier alpha value is -0.850. The minimum atomic E-state index is 0.602. The Kier molecular flexibility index (Phi) is 3.09. The van der Waals surface area contributed by atoms with Crippen LogP contribution in [-0.4, -0.2) is 6.29 Å². The van der Waals surface area contributed by atoms with E-state index in [0.717, 1.165) is 24.7 Å². The molecule has 1 nitrogen and oxygen atoms in total. The van der Waals surface area contributed by atoms with E-state index in [0.29, 0.717) is 5.92 Å². The summed E-state index contributed by atoms with van der Waals surface area (Å²) in [5, 5.41) is 0. The Balaban J connectivity index is 2.48. The van der Waals surface area contributed by atoms with Gasteiger partial charge in [0.25, 0.3) is 0 Å². The number of aldehydes is 1. The van der Waals surface area contributed by atoms with Crippen molar-refractivity contribution in [1.82, 2.24) is 0 Å². The molecule has 0 saturated carbocycles. The van der Waals surface area contributed by atoms with Gasteiger partial charge in [-0.1, -0.05) is 18.2 Å². The number of carbonyl (C=O) groups excluding carboxylic acids is 1. The lowest BCUT2D eigenvalue weighted by Crippen LogP contribution is -1.99. The first-order valence-corrected chi connectivity index (χ1v) is 4.11. The number of rotatable bonds is 2. The van der Waals surface area contributed by atoms with E-state index in [1.165, 1.54) is 6.42 Å². The van der Waals surface area contributed by atoms with E-state index in [-0.39, 0.29) is 0 Å². The van der Waals surface area contributed by atoms with Crippen LogP contribution >= 0.6 is 0 Å². The Morgan fingerprint density at radius 3 is 2.91 bits per heavy atom. The molecule has 0 bridgehead atoms. The summed E-state index contributed by atoms with van der Waals surface area (Å²) in [5.74, 6) is 0.602. The van der Waals surface area contributed by atoms with Crippen molar-refractivity contribution in [3.63, 3.8) is 0 Å². The van der Waals surface area contributed by atoms with E-state index in [1.54, 1.807) is 0 Å². The van der Waals surface area contributed by atoms with Crippen LogP contribution in [0.15, 0.2) is 23.8 Å². The average Bonchev–Trinajstić information content (AvgIpc) is 2.06. The van der Waals surface area contributed by atoms with Crippen LogP contribution in [0.4, 0.5) is 0 Å². The maximum atomic E-state index is 10.3. The lowest BCUT2D eigenvalue weighted by atomic mass is 9.93. The molecule has 1 atom stereocenters. The lowest BCUT2D eigenvalue weighted by molar-refractivity contribution is -0.104. The molecule has 1 aliphatic carbocycles. The molecule has 0 aromatic rings. The molecule has 0 aromatic carbocycles. The molecule has 0 fully saturated rings. The fourth-order valence-electron chi connectivity index (χ4n) is 1.38. The van der Waals surface area contributed by atoms with Crippen molar-refractivity contribution < 1.29 is 4.79 Å². The van der Waals surface area contributed by atoms with Crippen LogP contribution < -0.4 is 0 Å². The molecule has 60 valence electrons. The van der Waals surface area contributed by atoms with E-state index >= 15 is 0 Å². The quantitative estimate of drug-likeness (QED) is 0.336. The standard InChI is InChI=1S/C10H14O/c1-9(8-11)7-10-5-3-2-4-6-10/h2-3,7-8,10H,4-6H2,1H3/b9-7+/t10-/m0/s1. The van der Waals surface area contributed by atoms with Gasteiger partial charge in [0.2, 0.25) is 0 Å². The van der Waals surface area contributed by atoms with Gasteiger partial charge in [-0.05, 0) is 37.7 Å². The van der Waals surface area contributed by atoms with E-state index in [1.807, 2.05) is 6.92 Å². The van der Waals surface area contributed by atoms with E-state index in [9.17, 15) is 4.79 Å². The molecule has 11 heavy (non-hydrogen) atoms. The summed E-state index contributed by atoms with van der Waals surface area (Å²) in [4.78, 5) is 10.3. The Bertz CT molecular complexity index is 189. The van der Waals surface area contributed by atoms with Gasteiger partial charge in [-0.15, -0.1) is 0 Å². The van der Waals surface area contributed by atoms with Gasteiger partial charge in [0.05, 0.1) is 0 Å². The van der Waals surface area contributed by atoms with Crippen LogP contribution in [0.1, 0.15) is 26.2 Å². The first-order valence-electron chi connectivity index (χ1n) is 4.11. The van der Waals surface area contributed by atoms with Crippen molar-refractivity contribution >= 4 is 6.29 Å². The molecule has 0 N–H and O–H groups in total. The first kappa shape index (κ1) is 8.25. The zero-order valence-electron chi connectivity index (χ0n) is 6.92. The third-order valence-electron chi connectivity index (χ3n) is 1.99. The third kappa shape index (κ3) is 2.71. The SMILES string of the molecule is C/C(C=O)=C\[C@H]1CC=CCC1. The Morgan fingerprint density at radius 2 is 2.36 bits per heavy atom. The molecule has 1 heteroatoms. The van der Waals surface area contributed by atoms with E-state index in [2.05, 4.69) is 18.2 Å². The van der Waals surface area contributed by atoms with E-state index < -0.39 is 0 Å². The van der Waals surface area contributed by atoms with E-state index in [4.69, 9.17) is 0 Å². The van der Waals surface area contributed by atoms with Gasteiger partial charge >= 0.3 is 0 Å². The van der Waals surface area contributed by atoms with Gasteiger partial charge in [-0.25, -0.2) is 0 Å². The highest BCUT2D eigenvalue weighted by Gasteiger charge is 2.05. The van der Waals surface area contributed by atoms with Crippen LogP contribution in [-0.2, 0) is 4.79 Å². The second kappa shape index (κ2) is 4.12. The molecule has 0 unspecified atom stereocenters. The maximum absolute atomic E-state index is 10.3. The number of hydrogen-bond acceptors (Lipinski definition) is 1.